The Kier molecular flexibility index (Phi) is 3.92. The molecule has 0 aromatic heterocycles. The van der Waals surface area contributed by atoms with Crippen molar-refractivity contribution in [2.24, 2.45) is 0 Å². The predicted octanol–water partition coefficient (Wildman–Crippen LogP) is 3.89. The zero-order chi connectivity index (χ0) is 15.5. The summed E-state index contributed by atoms with van der Waals surface area (Å²) in [7, 11) is 0. The van der Waals surface area contributed by atoms with Gasteiger partial charge in [-0.3, -0.25) is 4.79 Å². The van der Waals surface area contributed by atoms with Crippen LogP contribution in [-0.4, -0.2) is 12.5 Å². The molecule has 22 heavy (non-hydrogen) atoms. The molecule has 1 amide bonds. The van der Waals surface area contributed by atoms with Gasteiger partial charge < -0.3 is 10.1 Å². The highest BCUT2D eigenvalue weighted by molar-refractivity contribution is 5.89. The number of fused-ring (bicyclic) bond motifs is 1. The molecule has 1 aliphatic heterocycles. The standard InChI is InChI=1S/C18H16FNO2/c1-12(21)20-17-6-4-14(11-16(17)19)3-2-13-5-7-18-15(10-13)8-9-22-18/h2-7,10-11H,8-9H2,1H3,(H,20,21)/b3-2+. The van der Waals surface area contributed by atoms with Gasteiger partial charge in [0.15, 0.2) is 0 Å². The first-order chi connectivity index (χ1) is 10.6. The largest absolute Gasteiger partial charge is 0.493 e. The van der Waals surface area contributed by atoms with E-state index in [0.717, 1.165) is 29.9 Å². The molecule has 1 N–H and O–H groups in total. The van der Waals surface area contributed by atoms with Crippen LogP contribution in [0.25, 0.3) is 12.2 Å². The summed E-state index contributed by atoms with van der Waals surface area (Å²) in [5.74, 6) is 0.213. The third-order valence-electron chi connectivity index (χ3n) is 3.49. The average molecular weight is 297 g/mol. The number of benzene rings is 2. The molecule has 0 bridgehead atoms. The van der Waals surface area contributed by atoms with Crippen molar-refractivity contribution in [3.05, 3.63) is 58.9 Å². The van der Waals surface area contributed by atoms with Crippen LogP contribution < -0.4 is 10.1 Å². The van der Waals surface area contributed by atoms with Crippen LogP contribution in [0.5, 0.6) is 5.75 Å². The highest BCUT2D eigenvalue weighted by Gasteiger charge is 2.11. The molecule has 112 valence electrons. The van der Waals surface area contributed by atoms with Gasteiger partial charge in [-0.15, -0.1) is 0 Å². The van der Waals surface area contributed by atoms with Crippen molar-refractivity contribution in [2.45, 2.75) is 13.3 Å². The van der Waals surface area contributed by atoms with Crippen molar-refractivity contribution < 1.29 is 13.9 Å². The van der Waals surface area contributed by atoms with Gasteiger partial charge in [-0.1, -0.05) is 24.3 Å². The van der Waals surface area contributed by atoms with Crippen LogP contribution in [0, 0.1) is 5.82 Å². The van der Waals surface area contributed by atoms with E-state index in [0.29, 0.717) is 0 Å². The second kappa shape index (κ2) is 6.02. The summed E-state index contributed by atoms with van der Waals surface area (Å²) in [5, 5.41) is 2.45. The molecule has 0 fully saturated rings. The summed E-state index contributed by atoms with van der Waals surface area (Å²) in [6.07, 6.45) is 4.71. The lowest BCUT2D eigenvalue weighted by Gasteiger charge is -2.04. The Hall–Kier alpha value is -2.62. The molecule has 4 heteroatoms. The summed E-state index contributed by atoms with van der Waals surface area (Å²) in [5.41, 5.74) is 3.19. The molecule has 3 rings (SSSR count). The number of carbonyl (C=O) groups excluding carboxylic acids is 1. The minimum absolute atomic E-state index is 0.194. The minimum Gasteiger partial charge on any atom is -0.493 e. The first kappa shape index (κ1) is 14.3. The lowest BCUT2D eigenvalue weighted by atomic mass is 10.1. The minimum atomic E-state index is -0.445. The topological polar surface area (TPSA) is 38.3 Å². The summed E-state index contributed by atoms with van der Waals surface area (Å²) in [6, 6.07) is 10.7. The van der Waals surface area contributed by atoms with Crippen molar-refractivity contribution in [3.63, 3.8) is 0 Å². The zero-order valence-corrected chi connectivity index (χ0v) is 12.2. The number of nitrogens with one attached hydrogen (secondary N) is 1. The van der Waals surface area contributed by atoms with E-state index in [1.807, 2.05) is 24.3 Å². The van der Waals surface area contributed by atoms with E-state index in [4.69, 9.17) is 4.74 Å². The maximum atomic E-state index is 13.9. The van der Waals surface area contributed by atoms with Gasteiger partial charge in [0.25, 0.3) is 0 Å². The summed E-state index contributed by atoms with van der Waals surface area (Å²) >= 11 is 0. The Morgan fingerprint density at radius 2 is 1.91 bits per heavy atom. The highest BCUT2D eigenvalue weighted by atomic mass is 19.1. The lowest BCUT2D eigenvalue weighted by Crippen LogP contribution is -2.07. The SMILES string of the molecule is CC(=O)Nc1ccc(/C=C/c2ccc3c(c2)CCO3)cc1F. The van der Waals surface area contributed by atoms with Gasteiger partial charge in [-0.2, -0.15) is 0 Å². The molecule has 1 aliphatic rings. The zero-order valence-electron chi connectivity index (χ0n) is 12.2. The second-order valence-corrected chi connectivity index (χ2v) is 5.22. The van der Waals surface area contributed by atoms with Crippen LogP contribution in [0.1, 0.15) is 23.6 Å². The van der Waals surface area contributed by atoms with Crippen LogP contribution in [0.2, 0.25) is 0 Å². The third kappa shape index (κ3) is 3.17. The summed E-state index contributed by atoms with van der Waals surface area (Å²) in [6.45, 7) is 2.09. The molecule has 1 heterocycles. The van der Waals surface area contributed by atoms with Crippen molar-refractivity contribution >= 4 is 23.7 Å². The quantitative estimate of drug-likeness (QED) is 0.873. The van der Waals surface area contributed by atoms with E-state index in [9.17, 15) is 9.18 Å². The molecule has 0 aliphatic carbocycles. The fraction of sp³-hybridized carbons (Fsp3) is 0.167. The van der Waals surface area contributed by atoms with Crippen LogP contribution in [-0.2, 0) is 11.2 Å². The van der Waals surface area contributed by atoms with Gasteiger partial charge in [-0.25, -0.2) is 4.39 Å². The van der Waals surface area contributed by atoms with E-state index in [1.54, 1.807) is 12.1 Å². The Balaban J connectivity index is 1.78. The van der Waals surface area contributed by atoms with Gasteiger partial charge in [0, 0.05) is 13.3 Å². The van der Waals surface area contributed by atoms with Gasteiger partial charge in [0.2, 0.25) is 5.91 Å². The molecule has 0 atom stereocenters. The van der Waals surface area contributed by atoms with Gasteiger partial charge in [-0.05, 0) is 41.0 Å². The first-order valence-electron chi connectivity index (χ1n) is 7.13. The fourth-order valence-electron chi connectivity index (χ4n) is 2.43. The van der Waals surface area contributed by atoms with Crippen molar-refractivity contribution in [1.29, 1.82) is 0 Å². The number of hydrogen-bond acceptors (Lipinski definition) is 2. The number of hydrogen-bond donors (Lipinski definition) is 1. The summed E-state index contributed by atoms with van der Waals surface area (Å²) < 4.78 is 19.3. The van der Waals surface area contributed by atoms with Gasteiger partial charge >= 0.3 is 0 Å². The number of ether oxygens (including phenoxy) is 1. The Labute approximate surface area is 128 Å². The normalized spacial score (nSPS) is 13.0. The highest BCUT2D eigenvalue weighted by Crippen LogP contribution is 2.26. The maximum absolute atomic E-state index is 13.9. The van der Waals surface area contributed by atoms with E-state index >= 15 is 0 Å². The smallest absolute Gasteiger partial charge is 0.221 e. The van der Waals surface area contributed by atoms with Crippen LogP contribution in [0.3, 0.4) is 0 Å². The van der Waals surface area contributed by atoms with Gasteiger partial charge in [0.05, 0.1) is 12.3 Å². The molecular formula is C18H16FNO2. The Morgan fingerprint density at radius 1 is 1.18 bits per heavy atom. The van der Waals surface area contributed by atoms with E-state index < -0.39 is 5.82 Å². The molecule has 3 nitrogen and oxygen atoms in total. The van der Waals surface area contributed by atoms with Crippen molar-refractivity contribution in [3.8, 4) is 5.75 Å². The molecule has 0 spiro atoms. The Morgan fingerprint density at radius 3 is 2.64 bits per heavy atom. The number of rotatable bonds is 3. The number of carbonyl (C=O) groups is 1. The number of anilines is 1. The van der Waals surface area contributed by atoms with Crippen LogP contribution >= 0.6 is 0 Å². The first-order valence-corrected chi connectivity index (χ1v) is 7.13. The number of halogens is 1. The van der Waals surface area contributed by atoms with Crippen LogP contribution in [0.4, 0.5) is 10.1 Å². The van der Waals surface area contributed by atoms with E-state index in [-0.39, 0.29) is 11.6 Å². The molecular weight excluding hydrogens is 281 g/mol. The van der Waals surface area contributed by atoms with E-state index in [1.165, 1.54) is 18.6 Å². The molecule has 0 unspecified atom stereocenters. The number of amides is 1. The van der Waals surface area contributed by atoms with Crippen molar-refractivity contribution in [1.82, 2.24) is 0 Å². The molecule has 2 aromatic rings. The average Bonchev–Trinajstić information content (AvgIpc) is 2.95. The Bertz CT molecular complexity index is 753. The van der Waals surface area contributed by atoms with E-state index in [2.05, 4.69) is 11.4 Å². The maximum Gasteiger partial charge on any atom is 0.221 e. The fourth-order valence-corrected chi connectivity index (χ4v) is 2.43. The molecule has 0 saturated heterocycles. The van der Waals surface area contributed by atoms with Crippen LogP contribution in [0.15, 0.2) is 36.4 Å². The molecule has 0 radical (unpaired) electrons. The second-order valence-electron chi connectivity index (χ2n) is 5.22. The third-order valence-corrected chi connectivity index (χ3v) is 3.49. The summed E-state index contributed by atoms with van der Waals surface area (Å²) in [4.78, 5) is 11.0. The van der Waals surface area contributed by atoms with Gasteiger partial charge in [0.1, 0.15) is 11.6 Å². The lowest BCUT2D eigenvalue weighted by molar-refractivity contribution is -0.114. The monoisotopic (exact) mass is 297 g/mol. The molecule has 2 aromatic carbocycles. The predicted molar refractivity (Wildman–Crippen MR) is 85.3 cm³/mol. The van der Waals surface area contributed by atoms with Crippen molar-refractivity contribution in [2.75, 3.05) is 11.9 Å². The molecule has 0 saturated carbocycles.